The minimum atomic E-state index is 0.0125. The zero-order chi connectivity index (χ0) is 16.2. The quantitative estimate of drug-likeness (QED) is 0.765. The number of rotatable bonds is 6. The molecule has 1 amide bonds. The summed E-state index contributed by atoms with van der Waals surface area (Å²) in [7, 11) is 0. The number of thioether (sulfide) groups is 1. The van der Waals surface area contributed by atoms with E-state index < -0.39 is 0 Å². The number of aromatic amines is 1. The fraction of sp³-hybridized carbons (Fsp3) is 0.357. The molecule has 8 nitrogen and oxygen atoms in total. The van der Waals surface area contributed by atoms with Crippen LogP contribution in [0.25, 0.3) is 0 Å². The van der Waals surface area contributed by atoms with Crippen LogP contribution < -0.4 is 15.2 Å². The second kappa shape index (κ2) is 6.78. The van der Waals surface area contributed by atoms with Crippen LogP contribution in [0, 0.1) is 0 Å². The first-order chi connectivity index (χ1) is 11.2. The monoisotopic (exact) mass is 335 g/mol. The van der Waals surface area contributed by atoms with Gasteiger partial charge in [0.15, 0.2) is 11.5 Å². The lowest BCUT2D eigenvalue weighted by Gasteiger charge is -2.20. The van der Waals surface area contributed by atoms with Crippen molar-refractivity contribution in [3.63, 3.8) is 0 Å². The number of ether oxygens (including phenoxy) is 2. The zero-order valence-corrected chi connectivity index (χ0v) is 13.4. The third-order valence-corrected chi connectivity index (χ3v) is 4.18. The second-order valence-corrected chi connectivity index (χ2v) is 5.83. The van der Waals surface area contributed by atoms with Crippen LogP contribution in [0.5, 0.6) is 11.5 Å². The zero-order valence-electron chi connectivity index (χ0n) is 12.6. The molecular weight excluding hydrogens is 318 g/mol. The Bertz CT molecular complexity index is 705. The highest BCUT2D eigenvalue weighted by Gasteiger charge is 2.17. The highest BCUT2D eigenvalue weighted by molar-refractivity contribution is 7.99. The number of hydrogen-bond acceptors (Lipinski definition) is 7. The Kier molecular flexibility index (Phi) is 4.56. The molecule has 1 aliphatic rings. The maximum Gasteiger partial charge on any atom is 0.233 e. The molecule has 3 N–H and O–H groups in total. The second-order valence-electron chi connectivity index (χ2n) is 4.89. The average Bonchev–Trinajstić information content (AvgIpc) is 3.18. The van der Waals surface area contributed by atoms with E-state index in [0.29, 0.717) is 18.2 Å². The van der Waals surface area contributed by atoms with E-state index >= 15 is 0 Å². The van der Waals surface area contributed by atoms with Gasteiger partial charge in [0, 0.05) is 13.1 Å². The molecule has 9 heteroatoms. The Labute approximate surface area is 137 Å². The van der Waals surface area contributed by atoms with Crippen molar-refractivity contribution in [2.75, 3.05) is 24.8 Å². The molecule has 1 aromatic heterocycles. The maximum atomic E-state index is 12.3. The first kappa shape index (κ1) is 15.5. The van der Waals surface area contributed by atoms with E-state index in [4.69, 9.17) is 15.2 Å². The summed E-state index contributed by atoms with van der Waals surface area (Å²) in [4.78, 5) is 18.1. The van der Waals surface area contributed by atoms with Crippen molar-refractivity contribution in [1.29, 1.82) is 0 Å². The van der Waals surface area contributed by atoms with Crippen LogP contribution in [0.3, 0.4) is 0 Å². The number of carbonyl (C=O) groups is 1. The van der Waals surface area contributed by atoms with Gasteiger partial charge in [0.2, 0.25) is 23.8 Å². The van der Waals surface area contributed by atoms with Crippen molar-refractivity contribution in [2.45, 2.75) is 18.6 Å². The topological polar surface area (TPSA) is 106 Å². The van der Waals surface area contributed by atoms with Crippen LogP contribution in [0.2, 0.25) is 0 Å². The van der Waals surface area contributed by atoms with Gasteiger partial charge < -0.3 is 20.1 Å². The molecule has 0 unspecified atom stereocenters. The molecule has 0 atom stereocenters. The number of benzene rings is 1. The summed E-state index contributed by atoms with van der Waals surface area (Å²) < 4.78 is 10.6. The molecule has 2 heterocycles. The molecule has 0 aliphatic carbocycles. The van der Waals surface area contributed by atoms with E-state index in [9.17, 15) is 4.79 Å². The molecule has 0 bridgehead atoms. The number of nitrogens with one attached hydrogen (secondary N) is 1. The van der Waals surface area contributed by atoms with Crippen molar-refractivity contribution in [2.24, 2.45) is 0 Å². The van der Waals surface area contributed by atoms with Gasteiger partial charge in [-0.3, -0.25) is 4.79 Å². The summed E-state index contributed by atoms with van der Waals surface area (Å²) in [6.45, 7) is 3.32. The summed E-state index contributed by atoms with van der Waals surface area (Å²) in [5, 5.41) is 6.91. The van der Waals surface area contributed by atoms with E-state index in [0.717, 1.165) is 17.1 Å². The van der Waals surface area contributed by atoms with Crippen LogP contribution in [0.15, 0.2) is 23.4 Å². The van der Waals surface area contributed by atoms with Gasteiger partial charge in [-0.2, -0.15) is 4.98 Å². The third-order valence-electron chi connectivity index (χ3n) is 3.35. The Balaban J connectivity index is 1.59. The lowest BCUT2D eigenvalue weighted by molar-refractivity contribution is -0.128. The van der Waals surface area contributed by atoms with E-state index in [1.807, 2.05) is 25.1 Å². The Hall–Kier alpha value is -2.42. The average molecular weight is 335 g/mol. The number of amides is 1. The van der Waals surface area contributed by atoms with Gasteiger partial charge >= 0.3 is 0 Å². The molecule has 2 aromatic rings. The molecule has 0 spiro atoms. The van der Waals surface area contributed by atoms with Crippen LogP contribution in [0.4, 0.5) is 5.95 Å². The van der Waals surface area contributed by atoms with E-state index in [2.05, 4.69) is 15.2 Å². The highest BCUT2D eigenvalue weighted by Crippen LogP contribution is 2.32. The van der Waals surface area contributed by atoms with Gasteiger partial charge in [0.05, 0.1) is 5.75 Å². The number of nitrogens with zero attached hydrogens (tertiary/aromatic N) is 3. The van der Waals surface area contributed by atoms with Gasteiger partial charge in [-0.05, 0) is 24.6 Å². The van der Waals surface area contributed by atoms with Crippen molar-refractivity contribution in [3.8, 4) is 11.5 Å². The molecule has 23 heavy (non-hydrogen) atoms. The van der Waals surface area contributed by atoms with E-state index in [1.165, 1.54) is 11.8 Å². The molecule has 0 saturated heterocycles. The summed E-state index contributed by atoms with van der Waals surface area (Å²) in [6, 6.07) is 5.70. The van der Waals surface area contributed by atoms with E-state index in [-0.39, 0.29) is 24.4 Å². The SMILES string of the molecule is CCN(Cc1ccc2c(c1)OCO2)C(=O)CSc1n[nH]c(N)n1. The number of nitrogen functional groups attached to an aromatic ring is 1. The van der Waals surface area contributed by atoms with Crippen molar-refractivity contribution in [3.05, 3.63) is 23.8 Å². The highest BCUT2D eigenvalue weighted by atomic mass is 32.2. The lowest BCUT2D eigenvalue weighted by Crippen LogP contribution is -2.31. The number of H-pyrrole nitrogens is 1. The molecule has 1 aromatic carbocycles. The summed E-state index contributed by atoms with van der Waals surface area (Å²) in [6.07, 6.45) is 0. The number of fused-ring (bicyclic) bond motifs is 1. The first-order valence-corrected chi connectivity index (χ1v) is 8.11. The van der Waals surface area contributed by atoms with Gasteiger partial charge in [0.25, 0.3) is 0 Å². The van der Waals surface area contributed by atoms with Crippen molar-refractivity contribution < 1.29 is 14.3 Å². The van der Waals surface area contributed by atoms with Gasteiger partial charge in [-0.15, -0.1) is 5.10 Å². The Morgan fingerprint density at radius 3 is 3.00 bits per heavy atom. The van der Waals surface area contributed by atoms with E-state index in [1.54, 1.807) is 4.90 Å². The van der Waals surface area contributed by atoms with Crippen molar-refractivity contribution in [1.82, 2.24) is 20.1 Å². The van der Waals surface area contributed by atoms with Crippen LogP contribution in [-0.2, 0) is 11.3 Å². The molecule has 3 rings (SSSR count). The number of nitrogens with two attached hydrogens (primary N) is 1. The van der Waals surface area contributed by atoms with Gasteiger partial charge in [-0.25, -0.2) is 5.10 Å². The minimum Gasteiger partial charge on any atom is -0.454 e. The lowest BCUT2D eigenvalue weighted by atomic mass is 10.2. The molecule has 0 radical (unpaired) electrons. The Morgan fingerprint density at radius 1 is 1.43 bits per heavy atom. The molecule has 0 saturated carbocycles. The number of hydrogen-bond donors (Lipinski definition) is 2. The standard InChI is InChI=1S/C14H17N5O3S/c1-2-19(12(20)7-23-14-16-13(15)17-18-14)6-9-3-4-10-11(5-9)22-8-21-10/h3-5H,2,6-8H2,1H3,(H3,15,16,17,18). The predicted molar refractivity (Wildman–Crippen MR) is 85.2 cm³/mol. The predicted octanol–water partition coefficient (Wildman–Crippen LogP) is 1.26. The molecule has 122 valence electrons. The summed E-state index contributed by atoms with van der Waals surface area (Å²) in [5.41, 5.74) is 6.45. The smallest absolute Gasteiger partial charge is 0.233 e. The fourth-order valence-electron chi connectivity index (χ4n) is 2.18. The summed E-state index contributed by atoms with van der Waals surface area (Å²) in [5.74, 6) is 1.97. The van der Waals surface area contributed by atoms with Crippen LogP contribution in [-0.4, -0.2) is 45.1 Å². The van der Waals surface area contributed by atoms with Crippen LogP contribution >= 0.6 is 11.8 Å². The number of carbonyl (C=O) groups excluding carboxylic acids is 1. The molecule has 1 aliphatic heterocycles. The Morgan fingerprint density at radius 2 is 2.26 bits per heavy atom. The molecular formula is C14H17N5O3S. The number of aromatic nitrogens is 3. The van der Waals surface area contributed by atoms with Gasteiger partial charge in [0.1, 0.15) is 0 Å². The number of anilines is 1. The van der Waals surface area contributed by atoms with Crippen LogP contribution in [0.1, 0.15) is 12.5 Å². The van der Waals surface area contributed by atoms with Crippen molar-refractivity contribution >= 4 is 23.6 Å². The van der Waals surface area contributed by atoms with Gasteiger partial charge in [-0.1, -0.05) is 17.8 Å². The third kappa shape index (κ3) is 3.67. The molecule has 0 fully saturated rings. The maximum absolute atomic E-state index is 12.3. The fourth-order valence-corrected chi connectivity index (χ4v) is 2.88. The first-order valence-electron chi connectivity index (χ1n) is 7.12. The summed E-state index contributed by atoms with van der Waals surface area (Å²) >= 11 is 1.25. The minimum absolute atomic E-state index is 0.0125. The normalized spacial score (nSPS) is 12.4. The largest absolute Gasteiger partial charge is 0.454 e.